The van der Waals surface area contributed by atoms with Gasteiger partial charge in [-0.15, -0.1) is 15.0 Å². The molecule has 0 N–H and O–H groups in total. The van der Waals surface area contributed by atoms with Crippen LogP contribution in [0.2, 0.25) is 0 Å². The second kappa shape index (κ2) is 7.56. The highest BCUT2D eigenvalue weighted by Crippen LogP contribution is 2.34. The molecule has 1 aromatic carbocycles. The zero-order valence-electron chi connectivity index (χ0n) is 15.5. The van der Waals surface area contributed by atoms with Crippen LogP contribution in [0.5, 0.6) is 0 Å². The Labute approximate surface area is 154 Å². The van der Waals surface area contributed by atoms with Crippen LogP contribution in [-0.2, 0) is 4.79 Å². The van der Waals surface area contributed by atoms with Crippen molar-refractivity contribution >= 4 is 5.91 Å². The fourth-order valence-electron chi connectivity index (χ4n) is 4.28. The van der Waals surface area contributed by atoms with Gasteiger partial charge in [0.2, 0.25) is 5.91 Å². The first-order chi connectivity index (χ1) is 12.7. The zero-order valence-corrected chi connectivity index (χ0v) is 15.5. The van der Waals surface area contributed by atoms with Crippen LogP contribution in [0.3, 0.4) is 0 Å². The van der Waals surface area contributed by atoms with Crippen LogP contribution in [0.1, 0.15) is 68.8 Å². The number of benzene rings is 1. The third kappa shape index (κ3) is 3.50. The van der Waals surface area contributed by atoms with E-state index in [9.17, 15) is 4.79 Å². The largest absolute Gasteiger partial charge is 0.332 e. The Morgan fingerprint density at radius 1 is 1.08 bits per heavy atom. The minimum absolute atomic E-state index is 0.0238. The number of carbonyl (C=O) groups is 1. The maximum atomic E-state index is 13.1. The molecule has 1 aromatic heterocycles. The summed E-state index contributed by atoms with van der Waals surface area (Å²) in [7, 11) is 0. The average Bonchev–Trinajstić information content (AvgIpc) is 3.24. The number of tetrazole rings is 1. The van der Waals surface area contributed by atoms with Crippen molar-refractivity contribution < 1.29 is 4.79 Å². The Bertz CT molecular complexity index is 763. The van der Waals surface area contributed by atoms with Gasteiger partial charge in [-0.2, -0.15) is 0 Å². The molecule has 1 atom stereocenters. The van der Waals surface area contributed by atoms with Crippen molar-refractivity contribution in [3.63, 3.8) is 0 Å². The molecule has 2 fully saturated rings. The lowest BCUT2D eigenvalue weighted by Gasteiger charge is -2.26. The lowest BCUT2D eigenvalue weighted by atomic mass is 9.98. The Morgan fingerprint density at radius 2 is 1.88 bits per heavy atom. The number of rotatable bonds is 3. The lowest BCUT2D eigenvalue weighted by molar-refractivity contribution is -0.137. The van der Waals surface area contributed by atoms with Gasteiger partial charge in [0, 0.05) is 12.5 Å². The molecule has 1 aliphatic heterocycles. The second-order valence-electron chi connectivity index (χ2n) is 7.65. The normalized spacial score (nSPS) is 21.7. The summed E-state index contributed by atoms with van der Waals surface area (Å²) in [6.07, 6.45) is 8.89. The summed E-state index contributed by atoms with van der Waals surface area (Å²) in [5, 5.41) is 13.1. The molecule has 1 saturated heterocycles. The smallest absolute Gasteiger partial charge is 0.226 e. The van der Waals surface area contributed by atoms with Crippen molar-refractivity contribution in [2.75, 3.05) is 6.54 Å². The van der Waals surface area contributed by atoms with Gasteiger partial charge in [0.1, 0.15) is 0 Å². The molecule has 0 radical (unpaired) electrons. The van der Waals surface area contributed by atoms with E-state index in [-0.39, 0.29) is 12.0 Å². The molecule has 138 valence electrons. The molecule has 0 spiro atoms. The van der Waals surface area contributed by atoms with Crippen molar-refractivity contribution in [1.29, 1.82) is 0 Å². The predicted octanol–water partition coefficient (Wildman–Crippen LogP) is 3.60. The van der Waals surface area contributed by atoms with E-state index in [1.165, 1.54) is 25.7 Å². The predicted molar refractivity (Wildman–Crippen MR) is 98.8 cm³/mol. The molecule has 1 aliphatic carbocycles. The van der Waals surface area contributed by atoms with E-state index < -0.39 is 0 Å². The molecule has 1 amide bonds. The van der Waals surface area contributed by atoms with Crippen LogP contribution in [-0.4, -0.2) is 37.6 Å². The number of aryl methyl sites for hydroxylation is 1. The van der Waals surface area contributed by atoms with E-state index in [1.807, 2.05) is 36.1 Å². The highest BCUT2D eigenvalue weighted by atomic mass is 16.2. The van der Waals surface area contributed by atoms with E-state index in [1.54, 1.807) is 4.80 Å². The first-order valence-corrected chi connectivity index (χ1v) is 9.90. The van der Waals surface area contributed by atoms with E-state index >= 15 is 0 Å². The molecule has 1 saturated carbocycles. The summed E-state index contributed by atoms with van der Waals surface area (Å²) in [5.41, 5.74) is 2.07. The highest BCUT2D eigenvalue weighted by Gasteiger charge is 2.36. The zero-order chi connectivity index (χ0) is 17.9. The summed E-state index contributed by atoms with van der Waals surface area (Å²) in [6.45, 7) is 2.87. The van der Waals surface area contributed by atoms with Gasteiger partial charge in [-0.25, -0.2) is 0 Å². The monoisotopic (exact) mass is 353 g/mol. The van der Waals surface area contributed by atoms with Crippen molar-refractivity contribution in [3.05, 3.63) is 35.7 Å². The van der Waals surface area contributed by atoms with Crippen LogP contribution in [0, 0.1) is 12.8 Å². The van der Waals surface area contributed by atoms with E-state index in [2.05, 4.69) is 15.4 Å². The molecular formula is C20H27N5O. The summed E-state index contributed by atoms with van der Waals surface area (Å²) < 4.78 is 0. The Hall–Kier alpha value is -2.24. The van der Waals surface area contributed by atoms with Crippen molar-refractivity contribution in [2.24, 2.45) is 5.92 Å². The van der Waals surface area contributed by atoms with Gasteiger partial charge in [0.15, 0.2) is 5.82 Å². The van der Waals surface area contributed by atoms with Gasteiger partial charge in [-0.3, -0.25) is 4.79 Å². The van der Waals surface area contributed by atoms with Crippen LogP contribution in [0.4, 0.5) is 0 Å². The molecule has 1 unspecified atom stereocenters. The SMILES string of the molecule is Cc1cccc(-n2nnc(C3CCCN3C(=O)C3CCCCCC3)n2)c1. The molecule has 0 bridgehead atoms. The van der Waals surface area contributed by atoms with Gasteiger partial charge in [0.05, 0.1) is 11.7 Å². The molecule has 6 nitrogen and oxygen atoms in total. The number of carbonyl (C=O) groups excluding carboxylic acids is 1. The van der Waals surface area contributed by atoms with Crippen LogP contribution < -0.4 is 0 Å². The molecule has 2 aliphatic rings. The molecule has 2 aromatic rings. The maximum Gasteiger partial charge on any atom is 0.226 e. The third-order valence-corrected chi connectivity index (χ3v) is 5.70. The summed E-state index contributed by atoms with van der Waals surface area (Å²) >= 11 is 0. The number of nitrogens with zero attached hydrogens (tertiary/aromatic N) is 5. The Morgan fingerprint density at radius 3 is 2.65 bits per heavy atom. The Kier molecular flexibility index (Phi) is 5.00. The molecule has 2 heterocycles. The van der Waals surface area contributed by atoms with E-state index in [0.29, 0.717) is 11.7 Å². The minimum atomic E-state index is -0.0238. The van der Waals surface area contributed by atoms with Crippen LogP contribution in [0.15, 0.2) is 24.3 Å². The number of hydrogen-bond donors (Lipinski definition) is 0. The van der Waals surface area contributed by atoms with E-state index in [4.69, 9.17) is 0 Å². The summed E-state index contributed by atoms with van der Waals surface area (Å²) in [5.74, 6) is 1.16. The molecule has 26 heavy (non-hydrogen) atoms. The standard InChI is InChI=1S/C20H27N5O/c1-15-8-6-11-17(14-15)25-22-19(21-23-25)18-12-7-13-24(18)20(26)16-9-4-2-3-5-10-16/h6,8,11,14,16,18H,2-5,7,9-10,12-13H2,1H3. The minimum Gasteiger partial charge on any atom is -0.332 e. The van der Waals surface area contributed by atoms with Crippen molar-refractivity contribution in [1.82, 2.24) is 25.1 Å². The number of aromatic nitrogens is 4. The second-order valence-corrected chi connectivity index (χ2v) is 7.65. The van der Waals surface area contributed by atoms with Gasteiger partial charge in [-0.05, 0) is 55.5 Å². The first-order valence-electron chi connectivity index (χ1n) is 9.90. The molecule has 6 heteroatoms. The lowest BCUT2D eigenvalue weighted by Crippen LogP contribution is -2.36. The third-order valence-electron chi connectivity index (χ3n) is 5.70. The fraction of sp³-hybridized carbons (Fsp3) is 0.600. The van der Waals surface area contributed by atoms with Crippen LogP contribution in [0.25, 0.3) is 5.69 Å². The highest BCUT2D eigenvalue weighted by molar-refractivity contribution is 5.79. The van der Waals surface area contributed by atoms with Gasteiger partial charge < -0.3 is 4.90 Å². The van der Waals surface area contributed by atoms with Crippen molar-refractivity contribution in [2.45, 2.75) is 64.3 Å². The average molecular weight is 353 g/mol. The number of hydrogen-bond acceptors (Lipinski definition) is 4. The number of amides is 1. The van der Waals surface area contributed by atoms with Gasteiger partial charge >= 0.3 is 0 Å². The summed E-state index contributed by atoms with van der Waals surface area (Å²) in [4.78, 5) is 16.7. The maximum absolute atomic E-state index is 13.1. The quantitative estimate of drug-likeness (QED) is 0.791. The number of likely N-dealkylation sites (tertiary alicyclic amines) is 1. The first kappa shape index (κ1) is 17.2. The Balaban J connectivity index is 1.52. The molecular weight excluding hydrogens is 326 g/mol. The summed E-state index contributed by atoms with van der Waals surface area (Å²) in [6, 6.07) is 8.02. The fourth-order valence-corrected chi connectivity index (χ4v) is 4.28. The topological polar surface area (TPSA) is 63.9 Å². The van der Waals surface area contributed by atoms with Gasteiger partial charge in [-0.1, -0.05) is 37.8 Å². The molecule has 4 rings (SSSR count). The van der Waals surface area contributed by atoms with E-state index in [0.717, 1.165) is 43.5 Å². The van der Waals surface area contributed by atoms with Crippen molar-refractivity contribution in [3.8, 4) is 5.69 Å². The van der Waals surface area contributed by atoms with Gasteiger partial charge in [0.25, 0.3) is 0 Å². The van der Waals surface area contributed by atoms with Crippen LogP contribution >= 0.6 is 0 Å².